The van der Waals surface area contributed by atoms with Crippen LogP contribution in [0.25, 0.3) is 0 Å². The molecule has 9 heteroatoms. The Morgan fingerprint density at radius 1 is 1.17 bits per heavy atom. The van der Waals surface area contributed by atoms with Gasteiger partial charge in [0, 0.05) is 22.4 Å². The summed E-state index contributed by atoms with van der Waals surface area (Å²) in [6.45, 7) is 8.14. The van der Waals surface area contributed by atoms with E-state index in [9.17, 15) is 18.0 Å². The predicted octanol–water partition coefficient (Wildman–Crippen LogP) is 2.81. The molecule has 1 aliphatic heterocycles. The number of carbonyl (C=O) groups is 2. The number of carbonyl (C=O) groups excluding carboxylic acids is 2. The number of anilines is 1. The van der Waals surface area contributed by atoms with Crippen LogP contribution in [-0.4, -0.2) is 31.5 Å². The highest BCUT2D eigenvalue weighted by Crippen LogP contribution is 2.44. The van der Waals surface area contributed by atoms with E-state index in [2.05, 4.69) is 10.6 Å². The zero-order chi connectivity index (χ0) is 22.3. The van der Waals surface area contributed by atoms with Crippen molar-refractivity contribution in [3.8, 4) is 0 Å². The SMILES string of the molecule is CC1(C)Cc2c(sc(NC(=O)CCS(=O)(=O)c3ccccc3)c2C(N)=O)C(C)(C)N1. The molecule has 7 nitrogen and oxygen atoms in total. The molecule has 0 atom stereocenters. The second kappa shape index (κ2) is 7.79. The van der Waals surface area contributed by atoms with Crippen LogP contribution in [0.15, 0.2) is 35.2 Å². The number of hydrogen-bond donors (Lipinski definition) is 3. The minimum Gasteiger partial charge on any atom is -0.365 e. The van der Waals surface area contributed by atoms with Gasteiger partial charge in [0.1, 0.15) is 5.00 Å². The zero-order valence-corrected chi connectivity index (χ0v) is 19.2. The molecule has 0 saturated carbocycles. The first-order valence-electron chi connectivity index (χ1n) is 9.65. The zero-order valence-electron chi connectivity index (χ0n) is 17.5. The fourth-order valence-corrected chi connectivity index (χ4v) is 6.60. The molecule has 0 unspecified atom stereocenters. The van der Waals surface area contributed by atoms with Gasteiger partial charge in [-0.05, 0) is 51.8 Å². The molecule has 0 fully saturated rings. The van der Waals surface area contributed by atoms with Crippen molar-refractivity contribution in [2.45, 2.75) is 56.5 Å². The van der Waals surface area contributed by atoms with Crippen LogP contribution in [0.5, 0.6) is 0 Å². The number of nitrogens with two attached hydrogens (primary N) is 1. The van der Waals surface area contributed by atoms with Crippen molar-refractivity contribution in [3.63, 3.8) is 0 Å². The van der Waals surface area contributed by atoms with Crippen LogP contribution in [0.4, 0.5) is 5.00 Å². The molecule has 2 heterocycles. The number of hydrogen-bond acceptors (Lipinski definition) is 6. The molecule has 0 aliphatic carbocycles. The number of thiophene rings is 1. The van der Waals surface area contributed by atoms with Crippen molar-refractivity contribution >= 4 is 38.0 Å². The van der Waals surface area contributed by atoms with E-state index in [4.69, 9.17) is 5.73 Å². The van der Waals surface area contributed by atoms with E-state index in [1.54, 1.807) is 18.2 Å². The summed E-state index contributed by atoms with van der Waals surface area (Å²) in [4.78, 5) is 25.9. The lowest BCUT2D eigenvalue weighted by molar-refractivity contribution is -0.115. The van der Waals surface area contributed by atoms with Crippen molar-refractivity contribution < 1.29 is 18.0 Å². The van der Waals surface area contributed by atoms with E-state index >= 15 is 0 Å². The summed E-state index contributed by atoms with van der Waals surface area (Å²) in [7, 11) is -3.57. The van der Waals surface area contributed by atoms with E-state index in [1.807, 2.05) is 27.7 Å². The monoisotopic (exact) mass is 449 g/mol. The van der Waals surface area contributed by atoms with Crippen LogP contribution in [-0.2, 0) is 26.6 Å². The quantitative estimate of drug-likeness (QED) is 0.627. The molecule has 4 N–H and O–H groups in total. The Balaban J connectivity index is 1.83. The van der Waals surface area contributed by atoms with Crippen LogP contribution in [0, 0.1) is 0 Å². The standard InChI is InChI=1S/C21H27N3O4S2/c1-20(2)12-14-16(18(22)26)19(29-17(14)21(3,4)24-20)23-15(25)10-11-30(27,28)13-8-6-5-7-9-13/h5-9,24H,10-12H2,1-4H3,(H2,22,26)(H,23,25). The van der Waals surface area contributed by atoms with Gasteiger partial charge in [-0.15, -0.1) is 11.3 Å². The Kier molecular flexibility index (Phi) is 5.83. The fraction of sp³-hybridized carbons (Fsp3) is 0.429. The van der Waals surface area contributed by atoms with Gasteiger partial charge in [0.25, 0.3) is 5.91 Å². The molecule has 162 valence electrons. The first kappa shape index (κ1) is 22.5. The molecule has 2 amide bonds. The average molecular weight is 450 g/mol. The summed E-state index contributed by atoms with van der Waals surface area (Å²) in [5.41, 5.74) is 6.17. The lowest BCUT2D eigenvalue weighted by atomic mass is 9.81. The highest BCUT2D eigenvalue weighted by atomic mass is 32.2. The van der Waals surface area contributed by atoms with Gasteiger partial charge < -0.3 is 16.4 Å². The normalized spacial score (nSPS) is 17.2. The maximum atomic E-state index is 12.5. The van der Waals surface area contributed by atoms with Gasteiger partial charge in [-0.3, -0.25) is 9.59 Å². The molecule has 0 radical (unpaired) electrons. The van der Waals surface area contributed by atoms with Gasteiger partial charge in [0.2, 0.25) is 5.91 Å². The fourth-order valence-electron chi connectivity index (χ4n) is 4.04. The maximum Gasteiger partial charge on any atom is 0.251 e. The van der Waals surface area contributed by atoms with E-state index in [-0.39, 0.29) is 22.6 Å². The predicted molar refractivity (Wildman–Crippen MR) is 119 cm³/mol. The Morgan fingerprint density at radius 2 is 1.80 bits per heavy atom. The summed E-state index contributed by atoms with van der Waals surface area (Å²) < 4.78 is 24.8. The number of benzene rings is 1. The van der Waals surface area contributed by atoms with Crippen molar-refractivity contribution in [2.24, 2.45) is 5.73 Å². The number of rotatable bonds is 6. The Hall–Kier alpha value is -2.23. The van der Waals surface area contributed by atoms with Crippen LogP contribution in [0.3, 0.4) is 0 Å². The molecular weight excluding hydrogens is 422 g/mol. The number of amides is 2. The van der Waals surface area contributed by atoms with E-state index < -0.39 is 27.2 Å². The average Bonchev–Trinajstić information content (AvgIpc) is 2.98. The van der Waals surface area contributed by atoms with Crippen LogP contribution < -0.4 is 16.4 Å². The molecule has 30 heavy (non-hydrogen) atoms. The van der Waals surface area contributed by atoms with Gasteiger partial charge in [-0.2, -0.15) is 0 Å². The molecule has 0 saturated heterocycles. The van der Waals surface area contributed by atoms with Gasteiger partial charge in [-0.25, -0.2) is 8.42 Å². The minimum absolute atomic E-state index is 0.178. The lowest BCUT2D eigenvalue weighted by Gasteiger charge is -2.42. The molecule has 1 aromatic heterocycles. The summed E-state index contributed by atoms with van der Waals surface area (Å²) in [5.74, 6) is -1.39. The van der Waals surface area contributed by atoms with Crippen molar-refractivity contribution in [3.05, 3.63) is 46.3 Å². The number of sulfone groups is 1. The van der Waals surface area contributed by atoms with Crippen LogP contribution >= 0.6 is 11.3 Å². The first-order chi connectivity index (χ1) is 13.8. The summed E-state index contributed by atoms with van der Waals surface area (Å²) in [6.07, 6.45) is 0.379. The molecule has 1 aromatic carbocycles. The van der Waals surface area contributed by atoms with E-state index in [1.165, 1.54) is 23.5 Å². The van der Waals surface area contributed by atoms with Gasteiger partial charge in [0.05, 0.1) is 16.2 Å². The van der Waals surface area contributed by atoms with E-state index in [0.717, 1.165) is 10.4 Å². The van der Waals surface area contributed by atoms with Gasteiger partial charge >= 0.3 is 0 Å². The molecule has 0 spiro atoms. The number of primary amides is 1. The number of nitrogens with one attached hydrogen (secondary N) is 2. The third-order valence-electron chi connectivity index (χ3n) is 5.04. The number of fused-ring (bicyclic) bond motifs is 1. The minimum atomic E-state index is -3.57. The second-order valence-electron chi connectivity index (χ2n) is 8.72. The third-order valence-corrected chi connectivity index (χ3v) is 8.25. The van der Waals surface area contributed by atoms with Crippen LogP contribution in [0.2, 0.25) is 0 Å². The van der Waals surface area contributed by atoms with Crippen molar-refractivity contribution in [1.82, 2.24) is 5.32 Å². The summed E-state index contributed by atoms with van der Waals surface area (Å²) in [5, 5.41) is 6.65. The maximum absolute atomic E-state index is 12.5. The Morgan fingerprint density at radius 3 is 2.40 bits per heavy atom. The Bertz CT molecular complexity index is 1090. The van der Waals surface area contributed by atoms with E-state index in [0.29, 0.717) is 17.0 Å². The Labute approximate surface area is 181 Å². The molecule has 1 aliphatic rings. The molecule has 2 aromatic rings. The first-order valence-corrected chi connectivity index (χ1v) is 12.1. The van der Waals surface area contributed by atoms with Crippen molar-refractivity contribution in [2.75, 3.05) is 11.1 Å². The highest BCUT2D eigenvalue weighted by Gasteiger charge is 2.41. The molecule has 3 rings (SSSR count). The van der Waals surface area contributed by atoms with Crippen LogP contribution in [0.1, 0.15) is 54.9 Å². The molecular formula is C21H27N3O4S2. The summed E-state index contributed by atoms with van der Waals surface area (Å²) >= 11 is 1.31. The second-order valence-corrected chi connectivity index (χ2v) is 11.8. The smallest absolute Gasteiger partial charge is 0.251 e. The summed E-state index contributed by atoms with van der Waals surface area (Å²) in [6, 6.07) is 8.01. The highest BCUT2D eigenvalue weighted by molar-refractivity contribution is 7.91. The van der Waals surface area contributed by atoms with Gasteiger partial charge in [-0.1, -0.05) is 18.2 Å². The third kappa shape index (κ3) is 4.58. The van der Waals surface area contributed by atoms with Gasteiger partial charge in [0.15, 0.2) is 9.84 Å². The molecule has 0 bridgehead atoms. The lowest BCUT2D eigenvalue weighted by Crippen LogP contribution is -2.55. The topological polar surface area (TPSA) is 118 Å². The largest absolute Gasteiger partial charge is 0.365 e. The van der Waals surface area contributed by atoms with Crippen molar-refractivity contribution in [1.29, 1.82) is 0 Å².